The summed E-state index contributed by atoms with van der Waals surface area (Å²) >= 11 is 0. The van der Waals surface area contributed by atoms with Gasteiger partial charge >= 0.3 is 0 Å². The number of hydrogen-bond acceptors (Lipinski definition) is 1. The molecule has 0 saturated heterocycles. The Bertz CT molecular complexity index is 258. The average molecular weight is 386 g/mol. The van der Waals surface area contributed by atoms with Gasteiger partial charge < -0.3 is 10.6 Å². The van der Waals surface area contributed by atoms with Crippen molar-refractivity contribution in [2.75, 3.05) is 27.7 Å². The maximum absolute atomic E-state index is 2.30. The average Bonchev–Trinajstić information content (AvgIpc) is 2.59. The van der Waals surface area contributed by atoms with Crippen LogP contribution >= 0.6 is 0 Å². The van der Waals surface area contributed by atoms with Gasteiger partial charge in [-0.05, 0) is 12.8 Å². The van der Waals surface area contributed by atoms with Crippen LogP contribution in [0.3, 0.4) is 0 Å². The van der Waals surface area contributed by atoms with E-state index in [1.807, 2.05) is 0 Å². The molecule has 0 saturated carbocycles. The molecule has 0 fully saturated rings. The lowest BCUT2D eigenvalue weighted by Crippen LogP contribution is -2.35. The lowest BCUT2D eigenvalue weighted by atomic mass is 10.0. The van der Waals surface area contributed by atoms with Crippen molar-refractivity contribution in [1.82, 2.24) is 6.15 Å². The van der Waals surface area contributed by atoms with Crippen LogP contribution < -0.4 is 6.15 Å². The van der Waals surface area contributed by atoms with E-state index in [1.165, 1.54) is 135 Å². The van der Waals surface area contributed by atoms with E-state index in [1.54, 1.807) is 0 Å². The van der Waals surface area contributed by atoms with Crippen molar-refractivity contribution in [3.63, 3.8) is 0 Å². The molecule has 3 N–H and O–H groups in total. The van der Waals surface area contributed by atoms with Gasteiger partial charge in [-0.2, -0.15) is 0 Å². The molecule has 0 rings (SSSR count). The lowest BCUT2D eigenvalue weighted by molar-refractivity contribution is -0.870. The van der Waals surface area contributed by atoms with E-state index < -0.39 is 0 Å². The minimum Gasteiger partial charge on any atom is -0.344 e. The summed E-state index contributed by atoms with van der Waals surface area (Å²) in [4.78, 5) is 0. The zero-order valence-corrected chi connectivity index (χ0v) is 20.0. The number of unbranched alkanes of at least 4 members (excludes halogenated alkanes) is 19. The predicted molar refractivity (Wildman–Crippen MR) is 126 cm³/mol. The highest BCUT2D eigenvalue weighted by Crippen LogP contribution is 2.14. The Morgan fingerprint density at radius 2 is 0.593 bits per heavy atom. The normalized spacial score (nSPS) is 11.6. The number of rotatable bonds is 21. The topological polar surface area (TPSA) is 35.0 Å². The van der Waals surface area contributed by atoms with E-state index in [4.69, 9.17) is 0 Å². The second-order valence-corrected chi connectivity index (χ2v) is 9.73. The molecule has 27 heavy (non-hydrogen) atoms. The van der Waals surface area contributed by atoms with Crippen molar-refractivity contribution >= 4 is 0 Å². The molecule has 0 aliphatic rings. The number of hydrogen-bond donors (Lipinski definition) is 1. The Kier molecular flexibility index (Phi) is 24.0. The van der Waals surface area contributed by atoms with Gasteiger partial charge in [-0.15, -0.1) is 0 Å². The third-order valence-electron chi connectivity index (χ3n) is 5.68. The van der Waals surface area contributed by atoms with Crippen LogP contribution in [0.5, 0.6) is 0 Å². The van der Waals surface area contributed by atoms with Gasteiger partial charge in [0.2, 0.25) is 0 Å². The summed E-state index contributed by atoms with van der Waals surface area (Å²) in [6.07, 6.45) is 29.3. The molecule has 0 aromatic rings. The maximum Gasteiger partial charge on any atom is 0.0780 e. The first-order valence-electron chi connectivity index (χ1n) is 12.4. The van der Waals surface area contributed by atoms with Crippen LogP contribution in [0, 0.1) is 0 Å². The van der Waals surface area contributed by atoms with Crippen molar-refractivity contribution in [3.05, 3.63) is 0 Å². The highest BCUT2D eigenvalue weighted by molar-refractivity contribution is 4.50. The van der Waals surface area contributed by atoms with E-state index in [9.17, 15) is 0 Å². The highest BCUT2D eigenvalue weighted by Gasteiger charge is 2.04. The summed E-state index contributed by atoms with van der Waals surface area (Å²) in [6, 6.07) is 0. The van der Waals surface area contributed by atoms with Crippen LogP contribution in [0.25, 0.3) is 0 Å². The van der Waals surface area contributed by atoms with Crippen molar-refractivity contribution < 1.29 is 4.48 Å². The van der Waals surface area contributed by atoms with Crippen LogP contribution in [0.2, 0.25) is 0 Å². The van der Waals surface area contributed by atoms with E-state index >= 15 is 0 Å². The van der Waals surface area contributed by atoms with Gasteiger partial charge in [-0.3, -0.25) is 0 Å². The second-order valence-electron chi connectivity index (χ2n) is 9.73. The SMILES string of the molecule is CCCCCCCCCCCCCCCCCCCCCC[N+](C)(C)C.N. The molecule has 0 aromatic heterocycles. The van der Waals surface area contributed by atoms with Gasteiger partial charge in [0.05, 0.1) is 27.7 Å². The Morgan fingerprint density at radius 3 is 0.815 bits per heavy atom. The molecule has 2 nitrogen and oxygen atoms in total. The van der Waals surface area contributed by atoms with Gasteiger partial charge in [0.1, 0.15) is 0 Å². The third-order valence-corrected chi connectivity index (χ3v) is 5.68. The minimum absolute atomic E-state index is 0. The molecule has 0 amide bonds. The molecule has 0 atom stereocenters. The minimum atomic E-state index is 0. The summed E-state index contributed by atoms with van der Waals surface area (Å²) in [5.74, 6) is 0. The van der Waals surface area contributed by atoms with Gasteiger partial charge in [0, 0.05) is 0 Å². The van der Waals surface area contributed by atoms with Gasteiger partial charge in [0.25, 0.3) is 0 Å². The summed E-state index contributed by atoms with van der Waals surface area (Å²) in [5, 5.41) is 0. The van der Waals surface area contributed by atoms with Crippen molar-refractivity contribution in [2.45, 2.75) is 135 Å². The molecule has 0 radical (unpaired) electrons. The quantitative estimate of drug-likeness (QED) is 0.156. The fourth-order valence-corrected chi connectivity index (χ4v) is 3.84. The maximum atomic E-state index is 2.30. The monoisotopic (exact) mass is 385 g/mol. The van der Waals surface area contributed by atoms with Crippen LogP contribution in [-0.2, 0) is 0 Å². The van der Waals surface area contributed by atoms with Crippen molar-refractivity contribution in [2.24, 2.45) is 0 Å². The van der Waals surface area contributed by atoms with E-state index in [-0.39, 0.29) is 6.15 Å². The number of nitrogens with zero attached hydrogens (tertiary/aromatic N) is 1. The molecule has 0 unspecified atom stereocenters. The largest absolute Gasteiger partial charge is 0.344 e. The molecular weight excluding hydrogens is 328 g/mol. The molecule has 0 spiro atoms. The summed E-state index contributed by atoms with van der Waals surface area (Å²) in [7, 11) is 6.90. The predicted octanol–water partition coefficient (Wildman–Crippen LogP) is 8.68. The highest BCUT2D eigenvalue weighted by atomic mass is 15.3. The Morgan fingerprint density at radius 1 is 0.370 bits per heavy atom. The first-order valence-corrected chi connectivity index (χ1v) is 12.4. The number of quaternary nitrogens is 1. The zero-order valence-electron chi connectivity index (χ0n) is 20.0. The molecule has 166 valence electrons. The molecule has 0 aliphatic carbocycles. The van der Waals surface area contributed by atoms with E-state index in [0.29, 0.717) is 0 Å². The smallest absolute Gasteiger partial charge is 0.0780 e. The molecule has 0 aliphatic heterocycles. The third kappa shape index (κ3) is 28.2. The van der Waals surface area contributed by atoms with E-state index in [2.05, 4.69) is 28.1 Å². The van der Waals surface area contributed by atoms with Crippen LogP contribution in [0.4, 0.5) is 0 Å². The lowest BCUT2D eigenvalue weighted by Gasteiger charge is -2.23. The summed E-state index contributed by atoms with van der Waals surface area (Å²) < 4.78 is 1.12. The fraction of sp³-hybridized carbons (Fsp3) is 1.00. The van der Waals surface area contributed by atoms with Gasteiger partial charge in [0.15, 0.2) is 0 Å². The molecule has 0 bridgehead atoms. The van der Waals surface area contributed by atoms with Crippen LogP contribution in [-0.4, -0.2) is 32.2 Å². The Labute approximate surface area is 174 Å². The van der Waals surface area contributed by atoms with Crippen molar-refractivity contribution in [1.29, 1.82) is 0 Å². The Hall–Kier alpha value is -0.0800. The zero-order chi connectivity index (χ0) is 19.3. The summed E-state index contributed by atoms with van der Waals surface area (Å²) in [5.41, 5.74) is 0. The van der Waals surface area contributed by atoms with Gasteiger partial charge in [-0.1, -0.05) is 122 Å². The molecule has 0 aromatic carbocycles. The first kappa shape index (κ1) is 29.1. The fourth-order valence-electron chi connectivity index (χ4n) is 3.84. The van der Waals surface area contributed by atoms with Gasteiger partial charge in [-0.25, -0.2) is 0 Å². The van der Waals surface area contributed by atoms with Crippen molar-refractivity contribution in [3.8, 4) is 0 Å². The first-order chi connectivity index (χ1) is 12.6. The van der Waals surface area contributed by atoms with Crippen LogP contribution in [0.1, 0.15) is 135 Å². The van der Waals surface area contributed by atoms with E-state index in [0.717, 1.165) is 4.48 Å². The summed E-state index contributed by atoms with van der Waals surface area (Å²) in [6.45, 7) is 3.63. The standard InChI is InChI=1S/C25H54N.H3N/c1-5-6-7-8-9-10-11-12-13-14-15-16-17-18-19-20-21-22-23-24-25-26(2,3)4;/h5-25H2,1-4H3;1H3/q+1;. The molecule has 0 heterocycles. The molecular formula is C25H57N2+. The van der Waals surface area contributed by atoms with Crippen LogP contribution in [0.15, 0.2) is 0 Å². The molecule has 2 heteroatoms. The second kappa shape index (κ2) is 22.2. The Balaban J connectivity index is 0.